The van der Waals surface area contributed by atoms with Crippen LogP contribution in [0.3, 0.4) is 0 Å². The summed E-state index contributed by atoms with van der Waals surface area (Å²) in [6, 6.07) is 6.96. The Morgan fingerprint density at radius 2 is 1.56 bits per heavy atom. The average Bonchev–Trinajstić information content (AvgIpc) is 2.36. The highest BCUT2D eigenvalue weighted by Gasteiger charge is 1.95. The maximum Gasteiger partial charge on any atom is 0.272 e. The lowest BCUT2D eigenvalue weighted by Gasteiger charge is -1.93. The van der Waals surface area contributed by atoms with Gasteiger partial charge in [0.25, 0.3) is 11.1 Å². The molecule has 0 aliphatic carbocycles. The molecule has 0 saturated carbocycles. The molecule has 1 heterocycles. The molecule has 2 aromatic rings. The van der Waals surface area contributed by atoms with Gasteiger partial charge in [0.1, 0.15) is 10.7 Å². The van der Waals surface area contributed by atoms with Gasteiger partial charge >= 0.3 is 0 Å². The zero-order valence-corrected chi connectivity index (χ0v) is 10.4. The van der Waals surface area contributed by atoms with E-state index in [9.17, 15) is 9.59 Å². The third-order valence-corrected chi connectivity index (χ3v) is 2.71. The van der Waals surface area contributed by atoms with Crippen molar-refractivity contribution in [3.63, 3.8) is 0 Å². The quantitative estimate of drug-likeness (QED) is 0.779. The predicted octanol–water partition coefficient (Wildman–Crippen LogP) is 0.346. The number of nitrogens with one attached hydrogen (secondary N) is 2. The van der Waals surface area contributed by atoms with Gasteiger partial charge in [0.05, 0.1) is 0 Å². The maximum absolute atomic E-state index is 11.7. The number of H-pyrrole nitrogens is 2. The Balaban J connectivity index is 2.66. The molecule has 2 rings (SSSR count). The Morgan fingerprint density at radius 3 is 2.17 bits per heavy atom. The minimum absolute atomic E-state index is 0.216. The molecule has 1 aromatic heterocycles. The second-order valence-corrected chi connectivity index (χ2v) is 4.16. The molecule has 0 aliphatic heterocycles. The monoisotopic (exact) mass is 262 g/mol. The molecule has 0 atom stereocenters. The molecule has 0 bridgehead atoms. The smallest absolute Gasteiger partial charge is 0.272 e. The van der Waals surface area contributed by atoms with Crippen molar-refractivity contribution in [2.24, 2.45) is 0 Å². The third-order valence-electron chi connectivity index (χ3n) is 2.46. The van der Waals surface area contributed by atoms with Crippen LogP contribution in [0.5, 0.6) is 0 Å². The minimum atomic E-state index is -0.336. The fourth-order valence-electron chi connectivity index (χ4n) is 1.52. The molecule has 0 amide bonds. The van der Waals surface area contributed by atoms with Gasteiger partial charge < -0.3 is 9.97 Å². The molecule has 1 aromatic carbocycles. The standard InChI is InChI=1S/C13H11ClN2O2/c1-2-10-12(17)16-11(13(18)15-10)7-8-3-5-9(14)6-4-8/h2-7H,1H3,(H,15,18)(H,16,17)/b10-2+,11-7-. The van der Waals surface area contributed by atoms with Crippen LogP contribution in [0.4, 0.5) is 0 Å². The van der Waals surface area contributed by atoms with Crippen LogP contribution in [0.15, 0.2) is 33.9 Å². The summed E-state index contributed by atoms with van der Waals surface area (Å²) in [7, 11) is 0. The van der Waals surface area contributed by atoms with E-state index in [2.05, 4.69) is 9.97 Å². The van der Waals surface area contributed by atoms with Gasteiger partial charge in [-0.2, -0.15) is 0 Å². The highest BCUT2D eigenvalue weighted by molar-refractivity contribution is 6.30. The molecular weight excluding hydrogens is 252 g/mol. The Hall–Kier alpha value is -2.07. The summed E-state index contributed by atoms with van der Waals surface area (Å²) in [6.07, 6.45) is 3.14. The van der Waals surface area contributed by atoms with E-state index >= 15 is 0 Å². The van der Waals surface area contributed by atoms with Gasteiger partial charge in [0, 0.05) is 5.02 Å². The first-order valence-corrected chi connectivity index (χ1v) is 5.74. The summed E-state index contributed by atoms with van der Waals surface area (Å²) >= 11 is 5.77. The Bertz CT molecular complexity index is 785. The number of hydrogen-bond donors (Lipinski definition) is 2. The third kappa shape index (κ3) is 2.60. The molecule has 0 unspecified atom stereocenters. The van der Waals surface area contributed by atoms with E-state index in [-0.39, 0.29) is 21.8 Å². The zero-order chi connectivity index (χ0) is 13.1. The van der Waals surface area contributed by atoms with E-state index < -0.39 is 0 Å². The van der Waals surface area contributed by atoms with Gasteiger partial charge in [-0.3, -0.25) is 9.59 Å². The lowest BCUT2D eigenvalue weighted by Crippen LogP contribution is -2.46. The average molecular weight is 263 g/mol. The molecule has 0 radical (unpaired) electrons. The summed E-state index contributed by atoms with van der Waals surface area (Å²) in [4.78, 5) is 28.3. The van der Waals surface area contributed by atoms with Crippen molar-refractivity contribution in [2.45, 2.75) is 6.92 Å². The molecule has 5 heteroatoms. The van der Waals surface area contributed by atoms with Gasteiger partial charge in [0.15, 0.2) is 0 Å². The predicted molar refractivity (Wildman–Crippen MR) is 72.1 cm³/mol. The molecule has 0 aliphatic rings. The van der Waals surface area contributed by atoms with Gasteiger partial charge in [0.2, 0.25) is 0 Å². The van der Waals surface area contributed by atoms with Crippen molar-refractivity contribution >= 4 is 23.8 Å². The molecule has 0 spiro atoms. The number of aromatic nitrogens is 2. The Morgan fingerprint density at radius 1 is 1.00 bits per heavy atom. The van der Waals surface area contributed by atoms with E-state index in [1.54, 1.807) is 43.3 Å². The van der Waals surface area contributed by atoms with E-state index in [1.807, 2.05) is 0 Å². The van der Waals surface area contributed by atoms with Crippen LogP contribution in [0.1, 0.15) is 12.5 Å². The number of hydrogen-bond acceptors (Lipinski definition) is 2. The first-order chi connectivity index (χ1) is 8.60. The number of rotatable bonds is 1. The molecule has 4 nitrogen and oxygen atoms in total. The van der Waals surface area contributed by atoms with Crippen LogP contribution in [-0.4, -0.2) is 9.97 Å². The van der Waals surface area contributed by atoms with Crippen molar-refractivity contribution in [3.8, 4) is 0 Å². The highest BCUT2D eigenvalue weighted by atomic mass is 35.5. The number of halogens is 1. The molecule has 0 saturated heterocycles. The normalized spacial score (nSPS) is 13.0. The van der Waals surface area contributed by atoms with Crippen LogP contribution in [-0.2, 0) is 0 Å². The van der Waals surface area contributed by atoms with Gasteiger partial charge in [-0.15, -0.1) is 0 Å². The van der Waals surface area contributed by atoms with E-state index in [0.717, 1.165) is 5.56 Å². The van der Waals surface area contributed by atoms with Gasteiger partial charge in [-0.05, 0) is 30.7 Å². The van der Waals surface area contributed by atoms with Crippen LogP contribution in [0, 0.1) is 0 Å². The van der Waals surface area contributed by atoms with Crippen LogP contribution >= 0.6 is 11.6 Å². The lowest BCUT2D eigenvalue weighted by atomic mass is 10.2. The molecule has 92 valence electrons. The van der Waals surface area contributed by atoms with Gasteiger partial charge in [-0.25, -0.2) is 0 Å². The van der Waals surface area contributed by atoms with Crippen LogP contribution in [0.25, 0.3) is 12.2 Å². The molecule has 18 heavy (non-hydrogen) atoms. The number of aromatic amines is 2. The number of benzene rings is 1. The molecule has 2 N–H and O–H groups in total. The lowest BCUT2D eigenvalue weighted by molar-refractivity contribution is 1.00. The van der Waals surface area contributed by atoms with Crippen molar-refractivity contribution in [1.29, 1.82) is 0 Å². The van der Waals surface area contributed by atoms with E-state index in [1.165, 1.54) is 0 Å². The fraction of sp³-hybridized carbons (Fsp3) is 0.0769. The summed E-state index contributed by atoms with van der Waals surface area (Å²) < 4.78 is 0. The van der Waals surface area contributed by atoms with E-state index in [4.69, 9.17) is 11.6 Å². The Labute approximate surface area is 107 Å². The first-order valence-electron chi connectivity index (χ1n) is 5.36. The Kier molecular flexibility index (Phi) is 3.48. The highest BCUT2D eigenvalue weighted by Crippen LogP contribution is 2.09. The molecule has 0 fully saturated rings. The second-order valence-electron chi connectivity index (χ2n) is 3.72. The maximum atomic E-state index is 11.7. The van der Waals surface area contributed by atoms with Crippen molar-refractivity contribution in [3.05, 3.63) is 66.3 Å². The van der Waals surface area contributed by atoms with Crippen LogP contribution < -0.4 is 21.8 Å². The second kappa shape index (κ2) is 5.06. The summed E-state index contributed by atoms with van der Waals surface area (Å²) in [5.41, 5.74) is 0.128. The fourth-order valence-corrected chi connectivity index (χ4v) is 1.65. The zero-order valence-electron chi connectivity index (χ0n) is 9.66. The van der Waals surface area contributed by atoms with Crippen molar-refractivity contribution in [1.82, 2.24) is 9.97 Å². The minimum Gasteiger partial charge on any atom is -0.316 e. The summed E-state index contributed by atoms with van der Waals surface area (Å²) in [5.74, 6) is 0. The van der Waals surface area contributed by atoms with E-state index in [0.29, 0.717) is 5.02 Å². The SMILES string of the molecule is C/C=c1/[nH]c(=O)/c(=C/c2ccc(Cl)cc2)[nH]c1=O. The summed E-state index contributed by atoms with van der Waals surface area (Å²) in [5, 5.41) is 1.09. The first kappa shape index (κ1) is 12.4. The molecular formula is C13H11ClN2O2. The largest absolute Gasteiger partial charge is 0.316 e. The van der Waals surface area contributed by atoms with Gasteiger partial charge in [-0.1, -0.05) is 29.8 Å². The van der Waals surface area contributed by atoms with Crippen molar-refractivity contribution < 1.29 is 0 Å². The van der Waals surface area contributed by atoms with Crippen molar-refractivity contribution in [2.75, 3.05) is 0 Å². The van der Waals surface area contributed by atoms with Crippen LogP contribution in [0.2, 0.25) is 5.02 Å². The topological polar surface area (TPSA) is 65.7 Å². The summed E-state index contributed by atoms with van der Waals surface area (Å²) in [6.45, 7) is 1.68.